The molecule has 5 heteroatoms. The minimum atomic E-state index is -1.06. The van der Waals surface area contributed by atoms with Crippen molar-refractivity contribution in [1.82, 2.24) is 5.32 Å². The second kappa shape index (κ2) is 4.88. The van der Waals surface area contributed by atoms with Gasteiger partial charge in [0.1, 0.15) is 11.5 Å². The van der Waals surface area contributed by atoms with Crippen molar-refractivity contribution < 1.29 is 18.7 Å². The summed E-state index contributed by atoms with van der Waals surface area (Å²) in [5.74, 6) is 0.304. The maximum Gasteiger partial charge on any atom is 0.371 e. The van der Waals surface area contributed by atoms with E-state index in [-0.39, 0.29) is 11.8 Å². The van der Waals surface area contributed by atoms with E-state index >= 15 is 0 Å². The summed E-state index contributed by atoms with van der Waals surface area (Å²) in [6.45, 7) is 2.41. The SMILES string of the molecule is C[C@H](NCc1ccc(C(=O)O)o1)c1ccco1. The second-order valence-corrected chi connectivity index (χ2v) is 3.69. The predicted molar refractivity (Wildman–Crippen MR) is 59.6 cm³/mol. The summed E-state index contributed by atoms with van der Waals surface area (Å²) in [4.78, 5) is 10.6. The van der Waals surface area contributed by atoms with Crippen LogP contribution in [0.25, 0.3) is 0 Å². The van der Waals surface area contributed by atoms with E-state index in [2.05, 4.69) is 5.32 Å². The molecule has 0 radical (unpaired) electrons. The van der Waals surface area contributed by atoms with Crippen LogP contribution in [0.3, 0.4) is 0 Å². The van der Waals surface area contributed by atoms with Crippen LogP contribution < -0.4 is 5.32 Å². The molecule has 2 heterocycles. The summed E-state index contributed by atoms with van der Waals surface area (Å²) in [5, 5.41) is 11.9. The van der Waals surface area contributed by atoms with Gasteiger partial charge in [0.15, 0.2) is 0 Å². The minimum absolute atomic E-state index is 0.0448. The predicted octanol–water partition coefficient (Wildman–Crippen LogP) is 2.42. The van der Waals surface area contributed by atoms with Crippen molar-refractivity contribution in [2.45, 2.75) is 19.5 Å². The number of nitrogens with one attached hydrogen (secondary N) is 1. The number of furan rings is 2. The van der Waals surface area contributed by atoms with Crippen LogP contribution >= 0.6 is 0 Å². The van der Waals surface area contributed by atoms with Crippen LogP contribution in [-0.4, -0.2) is 11.1 Å². The van der Waals surface area contributed by atoms with E-state index < -0.39 is 5.97 Å². The fourth-order valence-corrected chi connectivity index (χ4v) is 1.48. The van der Waals surface area contributed by atoms with E-state index in [1.807, 2.05) is 19.1 Å². The Hall–Kier alpha value is -2.01. The molecular weight excluding hydrogens is 222 g/mol. The minimum Gasteiger partial charge on any atom is -0.475 e. The molecule has 2 rings (SSSR count). The molecule has 0 bridgehead atoms. The Balaban J connectivity index is 1.91. The first-order chi connectivity index (χ1) is 8.16. The maximum atomic E-state index is 10.6. The molecule has 90 valence electrons. The molecule has 0 fully saturated rings. The van der Waals surface area contributed by atoms with E-state index in [1.54, 1.807) is 12.3 Å². The lowest BCUT2D eigenvalue weighted by Crippen LogP contribution is -2.17. The largest absolute Gasteiger partial charge is 0.475 e. The van der Waals surface area contributed by atoms with E-state index in [0.29, 0.717) is 12.3 Å². The van der Waals surface area contributed by atoms with Crippen molar-refractivity contribution in [3.63, 3.8) is 0 Å². The highest BCUT2D eigenvalue weighted by atomic mass is 16.4. The number of hydrogen-bond acceptors (Lipinski definition) is 4. The molecule has 17 heavy (non-hydrogen) atoms. The first-order valence-electron chi connectivity index (χ1n) is 5.25. The molecule has 5 nitrogen and oxygen atoms in total. The smallest absolute Gasteiger partial charge is 0.371 e. The fourth-order valence-electron chi connectivity index (χ4n) is 1.48. The lowest BCUT2D eigenvalue weighted by atomic mass is 10.2. The van der Waals surface area contributed by atoms with Crippen molar-refractivity contribution in [2.24, 2.45) is 0 Å². The summed E-state index contributed by atoms with van der Waals surface area (Å²) in [7, 11) is 0. The van der Waals surface area contributed by atoms with Gasteiger partial charge in [-0.05, 0) is 31.2 Å². The van der Waals surface area contributed by atoms with Gasteiger partial charge in [0.2, 0.25) is 5.76 Å². The molecule has 0 aromatic carbocycles. The van der Waals surface area contributed by atoms with Crippen LogP contribution in [0.4, 0.5) is 0 Å². The van der Waals surface area contributed by atoms with Crippen LogP contribution in [0, 0.1) is 0 Å². The van der Waals surface area contributed by atoms with Crippen LogP contribution in [0.5, 0.6) is 0 Å². The van der Waals surface area contributed by atoms with Gasteiger partial charge in [0, 0.05) is 0 Å². The quantitative estimate of drug-likeness (QED) is 0.832. The molecule has 0 unspecified atom stereocenters. The van der Waals surface area contributed by atoms with Crippen molar-refractivity contribution in [2.75, 3.05) is 0 Å². The first kappa shape index (κ1) is 11.5. The Labute approximate surface area is 98.0 Å². The molecule has 0 amide bonds. The Morgan fingerprint density at radius 1 is 1.47 bits per heavy atom. The molecule has 0 aliphatic heterocycles. The van der Waals surface area contributed by atoms with E-state index in [4.69, 9.17) is 13.9 Å². The Morgan fingerprint density at radius 2 is 2.29 bits per heavy atom. The highest BCUT2D eigenvalue weighted by molar-refractivity contribution is 5.84. The van der Waals surface area contributed by atoms with Gasteiger partial charge in [-0.3, -0.25) is 0 Å². The van der Waals surface area contributed by atoms with Crippen LogP contribution in [0.1, 0.15) is 35.0 Å². The highest BCUT2D eigenvalue weighted by Gasteiger charge is 2.11. The van der Waals surface area contributed by atoms with Crippen molar-refractivity contribution >= 4 is 5.97 Å². The molecule has 0 aliphatic rings. The normalized spacial score (nSPS) is 12.5. The van der Waals surface area contributed by atoms with E-state index in [9.17, 15) is 4.79 Å². The standard InChI is InChI=1S/C12H13NO4/c1-8(10-3-2-6-16-10)13-7-9-4-5-11(17-9)12(14)15/h2-6,8,13H,7H2,1H3,(H,14,15)/t8-/m0/s1. The van der Waals surface area contributed by atoms with Gasteiger partial charge in [0.05, 0.1) is 18.8 Å². The molecule has 2 aromatic rings. The van der Waals surface area contributed by atoms with Gasteiger partial charge in [-0.15, -0.1) is 0 Å². The fraction of sp³-hybridized carbons (Fsp3) is 0.250. The summed E-state index contributed by atoms with van der Waals surface area (Å²) >= 11 is 0. The molecule has 0 spiro atoms. The van der Waals surface area contributed by atoms with Gasteiger partial charge >= 0.3 is 5.97 Å². The zero-order chi connectivity index (χ0) is 12.3. The van der Waals surface area contributed by atoms with Gasteiger partial charge < -0.3 is 19.3 Å². The molecule has 2 N–H and O–H groups in total. The van der Waals surface area contributed by atoms with Crippen molar-refractivity contribution in [3.05, 3.63) is 47.8 Å². The lowest BCUT2D eigenvalue weighted by Gasteiger charge is -2.09. The second-order valence-electron chi connectivity index (χ2n) is 3.69. The van der Waals surface area contributed by atoms with Gasteiger partial charge in [-0.1, -0.05) is 0 Å². The third-order valence-corrected chi connectivity index (χ3v) is 2.42. The molecule has 0 aliphatic carbocycles. The summed E-state index contributed by atoms with van der Waals surface area (Å²) in [6, 6.07) is 6.83. The molecule has 2 aromatic heterocycles. The zero-order valence-corrected chi connectivity index (χ0v) is 9.34. The van der Waals surface area contributed by atoms with Gasteiger partial charge in [0.25, 0.3) is 0 Å². The molecule has 1 atom stereocenters. The summed E-state index contributed by atoms with van der Waals surface area (Å²) < 4.78 is 10.4. The van der Waals surface area contributed by atoms with Gasteiger partial charge in [-0.25, -0.2) is 4.79 Å². The lowest BCUT2D eigenvalue weighted by molar-refractivity contribution is 0.0660. The molecular formula is C12H13NO4. The number of rotatable bonds is 5. The van der Waals surface area contributed by atoms with E-state index in [1.165, 1.54) is 6.07 Å². The molecule has 0 saturated heterocycles. The Kier molecular flexibility index (Phi) is 3.30. The third-order valence-electron chi connectivity index (χ3n) is 2.42. The topological polar surface area (TPSA) is 75.6 Å². The van der Waals surface area contributed by atoms with Crippen LogP contribution in [0.15, 0.2) is 39.4 Å². The van der Waals surface area contributed by atoms with Gasteiger partial charge in [-0.2, -0.15) is 0 Å². The van der Waals surface area contributed by atoms with Crippen LogP contribution in [-0.2, 0) is 6.54 Å². The zero-order valence-electron chi connectivity index (χ0n) is 9.34. The van der Waals surface area contributed by atoms with E-state index in [0.717, 1.165) is 5.76 Å². The monoisotopic (exact) mass is 235 g/mol. The molecule has 0 saturated carbocycles. The van der Waals surface area contributed by atoms with Crippen molar-refractivity contribution in [1.29, 1.82) is 0 Å². The number of carboxylic acids is 1. The third kappa shape index (κ3) is 2.76. The number of hydrogen-bond donors (Lipinski definition) is 2. The van der Waals surface area contributed by atoms with Crippen molar-refractivity contribution in [3.8, 4) is 0 Å². The summed E-state index contributed by atoms with van der Waals surface area (Å²) in [6.07, 6.45) is 1.61. The maximum absolute atomic E-state index is 10.6. The first-order valence-corrected chi connectivity index (χ1v) is 5.25. The number of carboxylic acid groups (broad SMARTS) is 1. The highest BCUT2D eigenvalue weighted by Crippen LogP contribution is 2.14. The Bertz CT molecular complexity index is 486. The van der Waals surface area contributed by atoms with Crippen LogP contribution in [0.2, 0.25) is 0 Å². The Morgan fingerprint density at radius 3 is 2.88 bits per heavy atom. The number of aromatic carboxylic acids is 1. The summed E-state index contributed by atoms with van der Waals surface area (Å²) in [5.41, 5.74) is 0. The average molecular weight is 235 g/mol. The number of carbonyl (C=O) groups is 1. The average Bonchev–Trinajstić information content (AvgIpc) is 2.97.